The summed E-state index contributed by atoms with van der Waals surface area (Å²) in [5, 5.41) is 8.75. The molecular formula is C18H24N4O2. The van der Waals surface area contributed by atoms with Crippen molar-refractivity contribution in [1.29, 1.82) is 5.26 Å². The van der Waals surface area contributed by atoms with Gasteiger partial charge in [-0.2, -0.15) is 5.26 Å². The zero-order chi connectivity index (χ0) is 16.8. The van der Waals surface area contributed by atoms with E-state index in [1.807, 2.05) is 23.1 Å². The lowest BCUT2D eigenvalue weighted by atomic mass is 10.1. The standard InChI is InChI=1S/C18H24N4O2/c19-6-7-20-8-10-22(11-9-20)18(23)17-15-21(12-13-24-17)14-16-4-2-1-3-5-16/h1-5,17H,7-15H2/t17-/m0/s1. The van der Waals surface area contributed by atoms with Gasteiger partial charge in [-0.05, 0) is 5.56 Å². The van der Waals surface area contributed by atoms with Crippen LogP contribution in [-0.2, 0) is 16.1 Å². The molecular weight excluding hydrogens is 304 g/mol. The second-order valence-electron chi connectivity index (χ2n) is 6.34. The number of nitrogens with zero attached hydrogens (tertiary/aromatic N) is 4. The Morgan fingerprint density at radius 3 is 2.58 bits per heavy atom. The Labute approximate surface area is 143 Å². The van der Waals surface area contributed by atoms with Gasteiger partial charge in [0.1, 0.15) is 6.10 Å². The van der Waals surface area contributed by atoms with Gasteiger partial charge < -0.3 is 9.64 Å². The van der Waals surface area contributed by atoms with E-state index in [-0.39, 0.29) is 12.0 Å². The maximum Gasteiger partial charge on any atom is 0.253 e. The Morgan fingerprint density at radius 1 is 1.12 bits per heavy atom. The summed E-state index contributed by atoms with van der Waals surface area (Å²) in [5.74, 6) is 0.0874. The molecule has 0 N–H and O–H groups in total. The van der Waals surface area contributed by atoms with Crippen molar-refractivity contribution in [2.45, 2.75) is 12.6 Å². The number of ether oxygens (including phenoxy) is 1. The molecule has 0 radical (unpaired) electrons. The van der Waals surface area contributed by atoms with E-state index in [2.05, 4.69) is 28.0 Å². The minimum Gasteiger partial charge on any atom is -0.366 e. The number of hydrogen-bond acceptors (Lipinski definition) is 5. The highest BCUT2D eigenvalue weighted by atomic mass is 16.5. The van der Waals surface area contributed by atoms with Crippen molar-refractivity contribution in [1.82, 2.24) is 14.7 Å². The average Bonchev–Trinajstić information content (AvgIpc) is 2.63. The predicted molar refractivity (Wildman–Crippen MR) is 90.1 cm³/mol. The number of piperazine rings is 1. The lowest BCUT2D eigenvalue weighted by Crippen LogP contribution is -2.55. The largest absolute Gasteiger partial charge is 0.366 e. The van der Waals surface area contributed by atoms with E-state index in [1.54, 1.807) is 0 Å². The van der Waals surface area contributed by atoms with E-state index < -0.39 is 0 Å². The average molecular weight is 328 g/mol. The van der Waals surface area contributed by atoms with E-state index in [4.69, 9.17) is 10.00 Å². The Bertz CT molecular complexity index is 578. The van der Waals surface area contributed by atoms with Crippen molar-refractivity contribution in [2.75, 3.05) is 52.4 Å². The first-order valence-corrected chi connectivity index (χ1v) is 8.52. The first-order chi connectivity index (χ1) is 11.8. The fraction of sp³-hybridized carbons (Fsp3) is 0.556. The number of hydrogen-bond donors (Lipinski definition) is 0. The molecule has 0 spiro atoms. The van der Waals surface area contributed by atoms with E-state index in [0.29, 0.717) is 32.8 Å². The molecule has 0 aliphatic carbocycles. The summed E-state index contributed by atoms with van der Waals surface area (Å²) in [6.45, 7) is 6.27. The van der Waals surface area contributed by atoms with Crippen LogP contribution in [-0.4, -0.2) is 79.1 Å². The zero-order valence-corrected chi connectivity index (χ0v) is 13.9. The van der Waals surface area contributed by atoms with Crippen molar-refractivity contribution < 1.29 is 9.53 Å². The number of carbonyl (C=O) groups excluding carboxylic acids is 1. The molecule has 2 fully saturated rings. The van der Waals surface area contributed by atoms with Crippen LogP contribution in [0.25, 0.3) is 0 Å². The first-order valence-electron chi connectivity index (χ1n) is 8.52. The van der Waals surface area contributed by atoms with Gasteiger partial charge in [0.2, 0.25) is 0 Å². The zero-order valence-electron chi connectivity index (χ0n) is 13.9. The van der Waals surface area contributed by atoms with Crippen LogP contribution in [0.1, 0.15) is 5.56 Å². The van der Waals surface area contributed by atoms with E-state index >= 15 is 0 Å². The molecule has 1 aromatic carbocycles. The van der Waals surface area contributed by atoms with E-state index in [1.165, 1.54) is 5.56 Å². The summed E-state index contributed by atoms with van der Waals surface area (Å²) in [6, 6.07) is 12.5. The second kappa shape index (κ2) is 8.25. The molecule has 6 nitrogen and oxygen atoms in total. The normalized spacial score (nSPS) is 23.0. The van der Waals surface area contributed by atoms with Gasteiger partial charge in [0.15, 0.2) is 0 Å². The van der Waals surface area contributed by atoms with Crippen LogP contribution >= 0.6 is 0 Å². The van der Waals surface area contributed by atoms with Crippen LogP contribution < -0.4 is 0 Å². The lowest BCUT2D eigenvalue weighted by molar-refractivity contribution is -0.151. The summed E-state index contributed by atoms with van der Waals surface area (Å²) in [5.41, 5.74) is 1.26. The molecule has 1 amide bonds. The molecule has 2 aliphatic rings. The van der Waals surface area contributed by atoms with Crippen LogP contribution in [0, 0.1) is 11.3 Å². The molecule has 24 heavy (non-hydrogen) atoms. The van der Waals surface area contributed by atoms with E-state index in [0.717, 1.165) is 26.2 Å². The van der Waals surface area contributed by atoms with Crippen molar-refractivity contribution in [3.8, 4) is 6.07 Å². The molecule has 128 valence electrons. The lowest BCUT2D eigenvalue weighted by Gasteiger charge is -2.38. The Morgan fingerprint density at radius 2 is 1.88 bits per heavy atom. The van der Waals surface area contributed by atoms with Crippen LogP contribution in [0.15, 0.2) is 30.3 Å². The quantitative estimate of drug-likeness (QED) is 0.756. The van der Waals surface area contributed by atoms with Crippen molar-refractivity contribution in [3.63, 3.8) is 0 Å². The van der Waals surface area contributed by atoms with E-state index in [9.17, 15) is 4.79 Å². The Kier molecular flexibility index (Phi) is 5.81. The first kappa shape index (κ1) is 16.9. The fourth-order valence-corrected chi connectivity index (χ4v) is 3.27. The van der Waals surface area contributed by atoms with Gasteiger partial charge in [0.05, 0.1) is 19.2 Å². The highest BCUT2D eigenvalue weighted by Gasteiger charge is 2.31. The smallest absolute Gasteiger partial charge is 0.253 e. The Hall–Kier alpha value is -1.94. The molecule has 3 rings (SSSR count). The Balaban J connectivity index is 1.51. The van der Waals surface area contributed by atoms with Gasteiger partial charge >= 0.3 is 0 Å². The van der Waals surface area contributed by atoms with Gasteiger partial charge in [0, 0.05) is 45.8 Å². The molecule has 1 atom stereocenters. The third-order valence-corrected chi connectivity index (χ3v) is 4.65. The molecule has 2 saturated heterocycles. The summed E-state index contributed by atoms with van der Waals surface area (Å²) in [6.07, 6.45) is -0.370. The third-order valence-electron chi connectivity index (χ3n) is 4.65. The van der Waals surface area contributed by atoms with Crippen LogP contribution in [0.3, 0.4) is 0 Å². The monoisotopic (exact) mass is 328 g/mol. The van der Waals surface area contributed by atoms with Gasteiger partial charge in [-0.15, -0.1) is 0 Å². The maximum absolute atomic E-state index is 12.7. The summed E-state index contributed by atoms with van der Waals surface area (Å²) in [7, 11) is 0. The summed E-state index contributed by atoms with van der Waals surface area (Å²) < 4.78 is 5.74. The highest BCUT2D eigenvalue weighted by Crippen LogP contribution is 2.13. The molecule has 0 saturated carbocycles. The van der Waals surface area contributed by atoms with Crippen molar-refractivity contribution in [2.24, 2.45) is 0 Å². The van der Waals surface area contributed by atoms with Gasteiger partial charge in [-0.1, -0.05) is 30.3 Å². The topological polar surface area (TPSA) is 59.8 Å². The number of morpholine rings is 1. The molecule has 0 bridgehead atoms. The number of benzene rings is 1. The molecule has 2 heterocycles. The number of amides is 1. The van der Waals surface area contributed by atoms with Gasteiger partial charge in [0.25, 0.3) is 5.91 Å². The highest BCUT2D eigenvalue weighted by molar-refractivity contribution is 5.81. The fourth-order valence-electron chi connectivity index (χ4n) is 3.27. The second-order valence-corrected chi connectivity index (χ2v) is 6.34. The van der Waals surface area contributed by atoms with Crippen LogP contribution in [0.5, 0.6) is 0 Å². The molecule has 0 aromatic heterocycles. The van der Waals surface area contributed by atoms with Crippen molar-refractivity contribution in [3.05, 3.63) is 35.9 Å². The minimum absolute atomic E-state index is 0.0874. The number of rotatable bonds is 4. The van der Waals surface area contributed by atoms with Gasteiger partial charge in [-0.25, -0.2) is 0 Å². The third kappa shape index (κ3) is 4.32. The number of carbonyl (C=O) groups is 1. The molecule has 6 heteroatoms. The van der Waals surface area contributed by atoms with Gasteiger partial charge in [-0.3, -0.25) is 14.6 Å². The molecule has 2 aliphatic heterocycles. The van der Waals surface area contributed by atoms with Crippen LogP contribution in [0.4, 0.5) is 0 Å². The molecule has 1 aromatic rings. The molecule has 0 unspecified atom stereocenters. The predicted octanol–water partition coefficient (Wildman–Crippen LogP) is 0.555. The maximum atomic E-state index is 12.7. The summed E-state index contributed by atoms with van der Waals surface area (Å²) in [4.78, 5) is 18.9. The SMILES string of the molecule is N#CCN1CCN(C(=O)[C@@H]2CN(Cc3ccccc3)CCO2)CC1. The van der Waals surface area contributed by atoms with Crippen molar-refractivity contribution >= 4 is 5.91 Å². The number of nitriles is 1. The summed E-state index contributed by atoms with van der Waals surface area (Å²) >= 11 is 0. The van der Waals surface area contributed by atoms with Crippen LogP contribution in [0.2, 0.25) is 0 Å². The minimum atomic E-state index is -0.370.